The number of halogens is 3. The first-order valence-corrected chi connectivity index (χ1v) is 10.2. The summed E-state index contributed by atoms with van der Waals surface area (Å²) in [4.78, 5) is 31.5. The van der Waals surface area contributed by atoms with Gasteiger partial charge in [-0.15, -0.1) is 0 Å². The minimum absolute atomic E-state index is 0.00872. The molecule has 3 heterocycles. The summed E-state index contributed by atoms with van der Waals surface area (Å²) in [6, 6.07) is 5.04. The van der Waals surface area contributed by atoms with Gasteiger partial charge < -0.3 is 4.90 Å². The number of imide groups is 1. The number of aromatic nitrogens is 5. The second kappa shape index (κ2) is 8.34. The fourth-order valence-electron chi connectivity index (χ4n) is 3.84. The van der Waals surface area contributed by atoms with Gasteiger partial charge in [0.1, 0.15) is 12.2 Å². The minimum Gasteiger partial charge on any atom is -0.319 e. The molecule has 33 heavy (non-hydrogen) atoms. The number of urea groups is 1. The number of hydrogen-bond acceptors (Lipinski definition) is 5. The van der Waals surface area contributed by atoms with E-state index in [-0.39, 0.29) is 37.3 Å². The third-order valence-electron chi connectivity index (χ3n) is 5.52. The van der Waals surface area contributed by atoms with Gasteiger partial charge in [-0.05, 0) is 37.6 Å². The van der Waals surface area contributed by atoms with Crippen LogP contribution in [-0.2, 0) is 31.1 Å². The van der Waals surface area contributed by atoms with Crippen LogP contribution >= 0.6 is 0 Å². The van der Waals surface area contributed by atoms with Gasteiger partial charge in [0.15, 0.2) is 0 Å². The van der Waals surface area contributed by atoms with Gasteiger partial charge in [0.05, 0.1) is 23.5 Å². The Bertz CT molecular complexity index is 1210. The lowest BCUT2D eigenvalue weighted by Gasteiger charge is -2.34. The number of alkyl halides is 3. The topological polar surface area (TPSA) is 89.2 Å². The van der Waals surface area contributed by atoms with Gasteiger partial charge in [0, 0.05) is 32.3 Å². The quantitative estimate of drug-likeness (QED) is 0.583. The van der Waals surface area contributed by atoms with Gasteiger partial charge in [-0.1, -0.05) is 6.07 Å². The lowest BCUT2D eigenvalue weighted by molar-refractivity contribution is -0.139. The largest absolute Gasteiger partial charge is 0.416 e. The van der Waals surface area contributed by atoms with Crippen molar-refractivity contribution in [2.75, 3.05) is 6.54 Å². The molecule has 1 fully saturated rings. The first-order chi connectivity index (χ1) is 15.5. The molecule has 12 heteroatoms. The molecule has 3 amide bonds. The summed E-state index contributed by atoms with van der Waals surface area (Å²) in [5.41, 5.74) is 0.765. The fourth-order valence-corrected chi connectivity index (χ4v) is 3.84. The standard InChI is InChI=1S/C21H22F3N7O2/c1-13-8-14(2)31(27-13)16-5-4-15(17(9-16)21(22,23)24)10-29-7-6-19(32)30(20(29)33)11-18-25-12-26-28(18)3/h4-5,8-9,12H,6-7,10-11H2,1-3H3. The summed E-state index contributed by atoms with van der Waals surface area (Å²) in [6.07, 6.45) is -3.32. The van der Waals surface area contributed by atoms with Gasteiger partial charge in [-0.3, -0.25) is 14.4 Å². The molecule has 1 aromatic carbocycles. The maximum absolute atomic E-state index is 13.9. The lowest BCUT2D eigenvalue weighted by Crippen LogP contribution is -2.51. The second-order valence-corrected chi connectivity index (χ2v) is 7.91. The molecule has 174 valence electrons. The summed E-state index contributed by atoms with van der Waals surface area (Å²) >= 11 is 0. The van der Waals surface area contributed by atoms with Crippen LogP contribution in [0.2, 0.25) is 0 Å². The lowest BCUT2D eigenvalue weighted by atomic mass is 10.0. The molecular weight excluding hydrogens is 439 g/mol. The zero-order valence-electron chi connectivity index (χ0n) is 18.3. The third kappa shape index (κ3) is 4.45. The Hall–Kier alpha value is -3.70. The van der Waals surface area contributed by atoms with Crippen LogP contribution in [0, 0.1) is 13.8 Å². The number of carbonyl (C=O) groups excluding carboxylic acids is 2. The number of carbonyl (C=O) groups is 2. The predicted molar refractivity (Wildman–Crippen MR) is 110 cm³/mol. The number of rotatable bonds is 5. The van der Waals surface area contributed by atoms with Crippen molar-refractivity contribution in [3.63, 3.8) is 0 Å². The number of benzene rings is 1. The molecular formula is C21H22F3N7O2. The highest BCUT2D eigenvalue weighted by Gasteiger charge is 2.37. The summed E-state index contributed by atoms with van der Waals surface area (Å²) in [5.74, 6) is -0.0149. The summed E-state index contributed by atoms with van der Waals surface area (Å²) in [6.45, 7) is 3.17. The van der Waals surface area contributed by atoms with Crippen LogP contribution in [0.25, 0.3) is 5.69 Å². The van der Waals surface area contributed by atoms with Gasteiger partial charge in [0.25, 0.3) is 0 Å². The highest BCUT2D eigenvalue weighted by atomic mass is 19.4. The molecule has 0 bridgehead atoms. The molecule has 0 spiro atoms. The molecule has 0 atom stereocenters. The van der Waals surface area contributed by atoms with E-state index in [1.807, 2.05) is 0 Å². The Morgan fingerprint density at radius 3 is 2.45 bits per heavy atom. The van der Waals surface area contributed by atoms with Crippen LogP contribution in [0.1, 0.15) is 34.8 Å². The van der Waals surface area contributed by atoms with Gasteiger partial charge in [-0.2, -0.15) is 23.4 Å². The maximum atomic E-state index is 13.9. The molecule has 0 saturated carbocycles. The molecule has 9 nitrogen and oxygen atoms in total. The maximum Gasteiger partial charge on any atom is 0.416 e. The van der Waals surface area contributed by atoms with E-state index in [1.165, 1.54) is 26.7 Å². The molecule has 3 aromatic rings. The van der Waals surface area contributed by atoms with Crippen LogP contribution in [0.5, 0.6) is 0 Å². The van der Waals surface area contributed by atoms with Crippen molar-refractivity contribution in [1.29, 1.82) is 0 Å². The molecule has 1 aliphatic rings. The molecule has 2 aromatic heterocycles. The molecule has 0 N–H and O–H groups in total. The Morgan fingerprint density at radius 1 is 1.09 bits per heavy atom. The van der Waals surface area contributed by atoms with E-state index in [2.05, 4.69) is 15.2 Å². The van der Waals surface area contributed by atoms with Gasteiger partial charge in [0.2, 0.25) is 5.91 Å². The predicted octanol–water partition coefficient (Wildman–Crippen LogP) is 2.99. The highest BCUT2D eigenvalue weighted by molar-refractivity contribution is 5.96. The number of amides is 3. The van der Waals surface area contributed by atoms with Crippen molar-refractivity contribution < 1.29 is 22.8 Å². The molecule has 1 aliphatic heterocycles. The molecule has 0 radical (unpaired) electrons. The van der Waals surface area contributed by atoms with Crippen molar-refractivity contribution >= 4 is 11.9 Å². The first-order valence-electron chi connectivity index (χ1n) is 10.2. The second-order valence-electron chi connectivity index (χ2n) is 7.91. The normalized spacial score (nSPS) is 15.0. The van der Waals surface area contributed by atoms with Crippen molar-refractivity contribution in [3.8, 4) is 5.69 Å². The Kier molecular flexibility index (Phi) is 5.68. The number of aryl methyl sites for hydroxylation is 3. The molecule has 0 aliphatic carbocycles. The van der Waals surface area contributed by atoms with Gasteiger partial charge >= 0.3 is 12.2 Å². The van der Waals surface area contributed by atoms with E-state index in [1.54, 1.807) is 33.0 Å². The smallest absolute Gasteiger partial charge is 0.319 e. The van der Waals surface area contributed by atoms with Crippen LogP contribution in [-0.4, -0.2) is 52.8 Å². The third-order valence-corrected chi connectivity index (χ3v) is 5.52. The number of hydrogen-bond donors (Lipinski definition) is 0. The van der Waals surface area contributed by atoms with E-state index >= 15 is 0 Å². The average Bonchev–Trinajstić information content (AvgIpc) is 3.30. The average molecular weight is 461 g/mol. The molecule has 4 rings (SSSR count). The zero-order chi connectivity index (χ0) is 23.9. The van der Waals surface area contributed by atoms with Crippen molar-refractivity contribution in [3.05, 3.63) is 58.9 Å². The van der Waals surface area contributed by atoms with E-state index < -0.39 is 23.7 Å². The minimum atomic E-state index is -4.63. The highest BCUT2D eigenvalue weighted by Crippen LogP contribution is 2.34. The van der Waals surface area contributed by atoms with Crippen molar-refractivity contribution in [1.82, 2.24) is 34.3 Å². The van der Waals surface area contributed by atoms with Crippen LogP contribution in [0.3, 0.4) is 0 Å². The fraction of sp³-hybridized carbons (Fsp3) is 0.381. The Labute approximate surface area is 187 Å². The molecule has 1 saturated heterocycles. The van der Waals surface area contributed by atoms with Crippen molar-refractivity contribution in [2.24, 2.45) is 7.05 Å². The van der Waals surface area contributed by atoms with Crippen LogP contribution in [0.15, 0.2) is 30.6 Å². The number of nitrogens with zero attached hydrogens (tertiary/aromatic N) is 7. The van der Waals surface area contributed by atoms with E-state index in [0.29, 0.717) is 17.2 Å². The zero-order valence-corrected chi connectivity index (χ0v) is 18.3. The Balaban J connectivity index is 1.62. The molecule has 0 unspecified atom stereocenters. The summed E-state index contributed by atoms with van der Waals surface area (Å²) in [5, 5.41) is 8.16. The monoisotopic (exact) mass is 461 g/mol. The van der Waals surface area contributed by atoms with E-state index in [0.717, 1.165) is 11.0 Å². The summed E-state index contributed by atoms with van der Waals surface area (Å²) in [7, 11) is 1.62. The van der Waals surface area contributed by atoms with Crippen LogP contribution < -0.4 is 0 Å². The van der Waals surface area contributed by atoms with E-state index in [4.69, 9.17) is 0 Å². The van der Waals surface area contributed by atoms with E-state index in [9.17, 15) is 22.8 Å². The van der Waals surface area contributed by atoms with Crippen LogP contribution in [0.4, 0.5) is 18.0 Å². The first kappa shape index (κ1) is 22.5. The van der Waals surface area contributed by atoms with Gasteiger partial charge in [-0.25, -0.2) is 14.5 Å². The van der Waals surface area contributed by atoms with Crippen molar-refractivity contribution in [2.45, 2.75) is 39.5 Å². The summed E-state index contributed by atoms with van der Waals surface area (Å²) < 4.78 is 44.6. The SMILES string of the molecule is Cc1cc(C)n(-c2ccc(CN3CCC(=O)N(Cc4ncnn4C)C3=O)c(C(F)(F)F)c2)n1. The Morgan fingerprint density at radius 2 is 1.85 bits per heavy atom.